The third-order valence-corrected chi connectivity index (χ3v) is 7.82. The zero-order valence-electron chi connectivity index (χ0n) is 21.2. The van der Waals surface area contributed by atoms with E-state index in [4.69, 9.17) is 21.1 Å². The molecular weight excluding hydrogens is 599 g/mol. The van der Waals surface area contributed by atoms with Crippen molar-refractivity contribution < 1.29 is 45.8 Å². The van der Waals surface area contributed by atoms with E-state index < -0.39 is 72.9 Å². The van der Waals surface area contributed by atoms with Crippen molar-refractivity contribution in [1.29, 1.82) is 0 Å². The molecule has 41 heavy (non-hydrogen) atoms. The molecule has 4 rings (SSSR count). The molecule has 1 amide bonds. The van der Waals surface area contributed by atoms with E-state index in [-0.39, 0.29) is 35.8 Å². The molecule has 0 bridgehead atoms. The van der Waals surface area contributed by atoms with Crippen LogP contribution in [0.1, 0.15) is 57.6 Å². The van der Waals surface area contributed by atoms with Crippen LogP contribution in [0.25, 0.3) is 0 Å². The summed E-state index contributed by atoms with van der Waals surface area (Å²) in [5.74, 6) is -4.35. The number of likely N-dealkylation sites (tertiary alicyclic amines) is 1. The molecule has 0 radical (unpaired) electrons. The molecule has 1 saturated heterocycles. The summed E-state index contributed by atoms with van der Waals surface area (Å²) in [6.45, 7) is -1.25. The van der Waals surface area contributed by atoms with Crippen molar-refractivity contribution in [3.63, 3.8) is 0 Å². The van der Waals surface area contributed by atoms with Gasteiger partial charge in [0.05, 0.1) is 23.1 Å². The molecule has 2 atom stereocenters. The molecule has 3 heterocycles. The Hall–Kier alpha value is -3.59. The maximum atomic E-state index is 14.0. The Balaban J connectivity index is 1.45. The standard InChI is InChI=1S/C25H22ClF5N4O5S/c1-39-24(37)13-8-34(20(36)9-35-19(22(30)31)7-17(33-35)21(28)29)6-5-12(13)23-32-18(11-41-23)25(38)40-10-14-15(26)3-2-4-16(14)27/h2-4,7,11-13,21-22H,5-6,8-10H2,1H3. The number of halogens is 6. The highest BCUT2D eigenvalue weighted by molar-refractivity contribution is 7.09. The number of alkyl halides is 4. The Labute approximate surface area is 238 Å². The number of thiazole rings is 1. The van der Waals surface area contributed by atoms with E-state index >= 15 is 0 Å². The predicted molar refractivity (Wildman–Crippen MR) is 134 cm³/mol. The number of amides is 1. The minimum absolute atomic E-state index is 0.00183. The van der Waals surface area contributed by atoms with Crippen molar-refractivity contribution in [2.24, 2.45) is 5.92 Å². The maximum absolute atomic E-state index is 14.0. The lowest BCUT2D eigenvalue weighted by molar-refractivity contribution is -0.150. The first-order valence-corrected chi connectivity index (χ1v) is 13.3. The molecule has 9 nitrogen and oxygen atoms in total. The Morgan fingerprint density at radius 3 is 2.61 bits per heavy atom. The second kappa shape index (κ2) is 12.9. The Morgan fingerprint density at radius 2 is 1.95 bits per heavy atom. The second-order valence-corrected chi connectivity index (χ2v) is 10.3. The monoisotopic (exact) mass is 620 g/mol. The van der Waals surface area contributed by atoms with Gasteiger partial charge in [-0.1, -0.05) is 17.7 Å². The number of benzene rings is 1. The molecule has 0 aliphatic carbocycles. The lowest BCUT2D eigenvalue weighted by Gasteiger charge is -2.36. The number of hydrogen-bond donors (Lipinski definition) is 0. The number of methoxy groups -OCH3 is 1. The van der Waals surface area contributed by atoms with Crippen LogP contribution < -0.4 is 0 Å². The maximum Gasteiger partial charge on any atom is 0.358 e. The summed E-state index contributed by atoms with van der Waals surface area (Å²) in [4.78, 5) is 43.6. The first-order valence-electron chi connectivity index (χ1n) is 12.0. The number of hydrogen-bond acceptors (Lipinski definition) is 8. The van der Waals surface area contributed by atoms with Crippen LogP contribution in [0.5, 0.6) is 0 Å². The average molecular weight is 621 g/mol. The number of aromatic nitrogens is 3. The number of carbonyl (C=O) groups excluding carboxylic acids is 3. The van der Waals surface area contributed by atoms with Crippen LogP contribution >= 0.6 is 22.9 Å². The number of nitrogens with zero attached hydrogens (tertiary/aromatic N) is 4. The first kappa shape index (κ1) is 30.4. The lowest BCUT2D eigenvalue weighted by Crippen LogP contribution is -2.47. The molecule has 2 unspecified atom stereocenters. The number of piperidine rings is 1. The minimum atomic E-state index is -3.13. The topological polar surface area (TPSA) is 104 Å². The summed E-state index contributed by atoms with van der Waals surface area (Å²) in [7, 11) is 1.16. The number of rotatable bonds is 9. The van der Waals surface area contributed by atoms with Crippen molar-refractivity contribution in [2.75, 3.05) is 20.2 Å². The van der Waals surface area contributed by atoms with E-state index in [1.54, 1.807) is 0 Å². The predicted octanol–water partition coefficient (Wildman–Crippen LogP) is 5.17. The normalized spacial score (nSPS) is 17.2. The summed E-state index contributed by atoms with van der Waals surface area (Å²) in [5.41, 5.74) is -1.78. The molecule has 0 spiro atoms. The molecule has 16 heteroatoms. The van der Waals surface area contributed by atoms with Crippen LogP contribution in [0.4, 0.5) is 22.0 Å². The van der Waals surface area contributed by atoms with Crippen LogP contribution in [0.3, 0.4) is 0 Å². The molecule has 220 valence electrons. The Morgan fingerprint density at radius 1 is 1.20 bits per heavy atom. The van der Waals surface area contributed by atoms with Crippen molar-refractivity contribution in [3.8, 4) is 0 Å². The highest BCUT2D eigenvalue weighted by Gasteiger charge is 2.39. The van der Waals surface area contributed by atoms with Gasteiger partial charge in [-0.15, -0.1) is 11.3 Å². The number of ether oxygens (including phenoxy) is 2. The molecule has 1 fully saturated rings. The third kappa shape index (κ3) is 6.84. The molecule has 1 aliphatic rings. The summed E-state index contributed by atoms with van der Waals surface area (Å²) >= 11 is 7.03. The van der Waals surface area contributed by atoms with Gasteiger partial charge in [0.15, 0.2) is 5.69 Å². The fraction of sp³-hybridized carbons (Fsp3) is 0.400. The van der Waals surface area contributed by atoms with Crippen molar-refractivity contribution in [3.05, 3.63) is 68.1 Å². The molecule has 0 saturated carbocycles. The zero-order chi connectivity index (χ0) is 29.8. The van der Waals surface area contributed by atoms with Gasteiger partial charge < -0.3 is 14.4 Å². The molecular formula is C25H22ClF5N4O5S. The number of esters is 2. The highest BCUT2D eigenvalue weighted by Crippen LogP contribution is 2.36. The van der Waals surface area contributed by atoms with Gasteiger partial charge in [0, 0.05) is 30.0 Å². The molecule has 1 aromatic carbocycles. The van der Waals surface area contributed by atoms with E-state index in [9.17, 15) is 36.3 Å². The van der Waals surface area contributed by atoms with Crippen LogP contribution in [-0.4, -0.2) is 57.7 Å². The van der Waals surface area contributed by atoms with E-state index in [0.29, 0.717) is 15.8 Å². The van der Waals surface area contributed by atoms with Gasteiger partial charge in [0.25, 0.3) is 12.9 Å². The van der Waals surface area contributed by atoms with E-state index in [2.05, 4.69) is 10.1 Å². The van der Waals surface area contributed by atoms with Crippen molar-refractivity contribution in [2.45, 2.75) is 38.3 Å². The van der Waals surface area contributed by atoms with Crippen molar-refractivity contribution in [1.82, 2.24) is 19.7 Å². The van der Waals surface area contributed by atoms with Crippen LogP contribution in [0, 0.1) is 11.7 Å². The van der Waals surface area contributed by atoms with Crippen LogP contribution in [0.2, 0.25) is 5.02 Å². The molecule has 0 N–H and O–H groups in total. The molecule has 3 aromatic rings. The SMILES string of the molecule is COC(=O)C1CN(C(=O)Cn2nc(C(F)F)cc2C(F)F)CCC1c1nc(C(=O)OCc2c(F)cccc2Cl)cs1. The zero-order valence-corrected chi connectivity index (χ0v) is 22.8. The van der Waals surface area contributed by atoms with E-state index in [1.165, 1.54) is 28.5 Å². The van der Waals surface area contributed by atoms with Gasteiger partial charge in [-0.2, -0.15) is 5.10 Å². The van der Waals surface area contributed by atoms with Crippen LogP contribution in [0.15, 0.2) is 29.6 Å². The lowest BCUT2D eigenvalue weighted by atomic mass is 9.85. The molecule has 1 aliphatic heterocycles. The van der Waals surface area contributed by atoms with E-state index in [1.807, 2.05) is 0 Å². The quantitative estimate of drug-likeness (QED) is 0.240. The third-order valence-electron chi connectivity index (χ3n) is 6.49. The number of carbonyl (C=O) groups is 3. The first-order chi connectivity index (χ1) is 19.5. The smallest absolute Gasteiger partial charge is 0.358 e. The fourth-order valence-corrected chi connectivity index (χ4v) is 5.59. The Bertz CT molecular complexity index is 1410. The summed E-state index contributed by atoms with van der Waals surface area (Å²) in [6.07, 6.45) is -6.03. The fourth-order valence-electron chi connectivity index (χ4n) is 4.39. The van der Waals surface area contributed by atoms with E-state index in [0.717, 1.165) is 18.4 Å². The van der Waals surface area contributed by atoms with Gasteiger partial charge in [-0.3, -0.25) is 14.3 Å². The second-order valence-electron chi connectivity index (χ2n) is 8.97. The minimum Gasteiger partial charge on any atom is -0.469 e. The van der Waals surface area contributed by atoms with Gasteiger partial charge in [-0.25, -0.2) is 31.7 Å². The Kier molecular flexibility index (Phi) is 9.58. The van der Waals surface area contributed by atoms with Gasteiger partial charge >= 0.3 is 11.9 Å². The van der Waals surface area contributed by atoms with Gasteiger partial charge in [-0.05, 0) is 24.6 Å². The summed E-state index contributed by atoms with van der Waals surface area (Å²) in [6, 6.07) is 4.58. The van der Waals surface area contributed by atoms with Gasteiger partial charge in [0.2, 0.25) is 5.91 Å². The molecule has 2 aromatic heterocycles. The average Bonchev–Trinajstić information content (AvgIpc) is 3.60. The highest BCUT2D eigenvalue weighted by atomic mass is 35.5. The summed E-state index contributed by atoms with van der Waals surface area (Å²) in [5, 5.41) is 5.32. The largest absolute Gasteiger partial charge is 0.469 e. The van der Waals surface area contributed by atoms with Crippen LogP contribution in [-0.2, 0) is 32.2 Å². The summed E-state index contributed by atoms with van der Waals surface area (Å²) < 4.78 is 77.2. The van der Waals surface area contributed by atoms with Crippen molar-refractivity contribution >= 4 is 40.8 Å². The van der Waals surface area contributed by atoms with Gasteiger partial charge in [0.1, 0.15) is 30.4 Å².